The Kier molecular flexibility index (Phi) is 5.77. The molecule has 0 aliphatic carbocycles. The molecule has 22 heavy (non-hydrogen) atoms. The van der Waals surface area contributed by atoms with Crippen molar-refractivity contribution in [2.24, 2.45) is 0 Å². The van der Waals surface area contributed by atoms with Gasteiger partial charge in [0.25, 0.3) is 0 Å². The van der Waals surface area contributed by atoms with Gasteiger partial charge < -0.3 is 15.0 Å². The van der Waals surface area contributed by atoms with Gasteiger partial charge in [0, 0.05) is 32.7 Å². The SMILES string of the molecule is COC(=O)C(C)NC(=O)N1CCN(Cc2ccccc2)CC1. The van der Waals surface area contributed by atoms with Crippen molar-refractivity contribution >= 4 is 12.0 Å². The number of piperazine rings is 1. The third kappa shape index (κ3) is 4.46. The number of hydrogen-bond donors (Lipinski definition) is 1. The number of esters is 1. The molecule has 1 aliphatic rings. The minimum absolute atomic E-state index is 0.211. The molecule has 2 rings (SSSR count). The summed E-state index contributed by atoms with van der Waals surface area (Å²) in [7, 11) is 1.31. The smallest absolute Gasteiger partial charge is 0.328 e. The fourth-order valence-electron chi connectivity index (χ4n) is 2.46. The van der Waals surface area contributed by atoms with Crippen molar-refractivity contribution in [1.82, 2.24) is 15.1 Å². The minimum atomic E-state index is -0.625. The zero-order valence-corrected chi connectivity index (χ0v) is 13.1. The monoisotopic (exact) mass is 305 g/mol. The van der Waals surface area contributed by atoms with Crippen LogP contribution in [0.5, 0.6) is 0 Å². The van der Waals surface area contributed by atoms with Crippen molar-refractivity contribution in [3.8, 4) is 0 Å². The van der Waals surface area contributed by atoms with E-state index in [1.54, 1.807) is 11.8 Å². The quantitative estimate of drug-likeness (QED) is 0.846. The first-order valence-corrected chi connectivity index (χ1v) is 7.49. The first-order valence-electron chi connectivity index (χ1n) is 7.49. The van der Waals surface area contributed by atoms with Gasteiger partial charge >= 0.3 is 12.0 Å². The second-order valence-electron chi connectivity index (χ2n) is 5.44. The molecule has 0 aromatic heterocycles. The van der Waals surface area contributed by atoms with E-state index in [0.29, 0.717) is 13.1 Å². The maximum absolute atomic E-state index is 12.1. The molecule has 0 spiro atoms. The Balaban J connectivity index is 1.77. The Labute approximate surface area is 131 Å². The van der Waals surface area contributed by atoms with Crippen LogP contribution in [0.1, 0.15) is 12.5 Å². The van der Waals surface area contributed by atoms with Crippen LogP contribution in [0, 0.1) is 0 Å². The molecule has 0 saturated carbocycles. The molecule has 0 radical (unpaired) electrons. The molecular formula is C16H23N3O3. The van der Waals surface area contributed by atoms with E-state index in [9.17, 15) is 9.59 Å². The number of benzene rings is 1. The second kappa shape index (κ2) is 7.79. The van der Waals surface area contributed by atoms with Crippen LogP contribution >= 0.6 is 0 Å². The van der Waals surface area contributed by atoms with Gasteiger partial charge in [-0.25, -0.2) is 9.59 Å². The third-order valence-electron chi connectivity index (χ3n) is 3.80. The summed E-state index contributed by atoms with van der Waals surface area (Å²) in [6.45, 7) is 5.49. The number of methoxy groups -OCH3 is 1. The highest BCUT2D eigenvalue weighted by Gasteiger charge is 2.24. The molecule has 1 aromatic carbocycles. The summed E-state index contributed by atoms with van der Waals surface area (Å²) in [4.78, 5) is 27.5. The maximum atomic E-state index is 12.1. The largest absolute Gasteiger partial charge is 0.467 e. The van der Waals surface area contributed by atoms with Gasteiger partial charge in [-0.05, 0) is 12.5 Å². The second-order valence-corrected chi connectivity index (χ2v) is 5.44. The van der Waals surface area contributed by atoms with E-state index < -0.39 is 12.0 Å². The Morgan fingerprint density at radius 3 is 2.41 bits per heavy atom. The van der Waals surface area contributed by atoms with Crippen molar-refractivity contribution in [2.75, 3.05) is 33.3 Å². The van der Waals surface area contributed by atoms with Crippen LogP contribution in [-0.2, 0) is 16.1 Å². The molecule has 1 atom stereocenters. The number of ether oxygens (including phenoxy) is 1. The molecule has 1 aromatic rings. The summed E-state index contributed by atoms with van der Waals surface area (Å²) in [6.07, 6.45) is 0. The summed E-state index contributed by atoms with van der Waals surface area (Å²) in [6, 6.07) is 9.46. The first-order chi connectivity index (χ1) is 10.6. The van der Waals surface area contributed by atoms with E-state index in [1.165, 1.54) is 12.7 Å². The lowest BCUT2D eigenvalue weighted by atomic mass is 10.2. The van der Waals surface area contributed by atoms with Crippen molar-refractivity contribution < 1.29 is 14.3 Å². The molecule has 1 heterocycles. The standard InChI is InChI=1S/C16H23N3O3/c1-13(15(20)22-2)17-16(21)19-10-8-18(9-11-19)12-14-6-4-3-5-7-14/h3-7,13H,8-12H2,1-2H3,(H,17,21). The minimum Gasteiger partial charge on any atom is -0.467 e. The molecule has 0 bridgehead atoms. The summed E-state index contributed by atoms with van der Waals surface area (Å²) in [5.74, 6) is -0.434. The molecular weight excluding hydrogens is 282 g/mol. The zero-order valence-electron chi connectivity index (χ0n) is 13.1. The highest BCUT2D eigenvalue weighted by atomic mass is 16.5. The molecule has 1 unspecified atom stereocenters. The normalized spacial score (nSPS) is 16.9. The Morgan fingerprint density at radius 1 is 1.18 bits per heavy atom. The van der Waals surface area contributed by atoms with Crippen molar-refractivity contribution in [3.63, 3.8) is 0 Å². The van der Waals surface area contributed by atoms with Gasteiger partial charge in [0.1, 0.15) is 6.04 Å². The van der Waals surface area contributed by atoms with Crippen LogP contribution in [-0.4, -0.2) is 61.1 Å². The molecule has 6 heteroatoms. The van der Waals surface area contributed by atoms with Crippen LogP contribution in [0.2, 0.25) is 0 Å². The maximum Gasteiger partial charge on any atom is 0.328 e. The topological polar surface area (TPSA) is 61.9 Å². The van der Waals surface area contributed by atoms with Crippen LogP contribution in [0.4, 0.5) is 4.79 Å². The number of carbonyl (C=O) groups excluding carboxylic acids is 2. The summed E-state index contributed by atoms with van der Waals surface area (Å²) < 4.78 is 4.60. The van der Waals surface area contributed by atoms with Gasteiger partial charge in [-0.15, -0.1) is 0 Å². The zero-order chi connectivity index (χ0) is 15.9. The van der Waals surface area contributed by atoms with Crippen LogP contribution in [0.25, 0.3) is 0 Å². The van der Waals surface area contributed by atoms with Crippen LogP contribution in [0.3, 0.4) is 0 Å². The Bertz CT molecular complexity index is 499. The Morgan fingerprint density at radius 2 is 1.82 bits per heavy atom. The van der Waals surface area contributed by atoms with Gasteiger partial charge in [0.15, 0.2) is 0 Å². The number of rotatable bonds is 4. The molecule has 1 saturated heterocycles. The van der Waals surface area contributed by atoms with Crippen molar-refractivity contribution in [3.05, 3.63) is 35.9 Å². The molecule has 6 nitrogen and oxygen atoms in total. The predicted molar refractivity (Wildman–Crippen MR) is 83.3 cm³/mol. The molecule has 1 fully saturated rings. The number of urea groups is 1. The van der Waals surface area contributed by atoms with Gasteiger partial charge in [0.05, 0.1) is 7.11 Å². The average molecular weight is 305 g/mol. The van der Waals surface area contributed by atoms with Crippen molar-refractivity contribution in [1.29, 1.82) is 0 Å². The lowest BCUT2D eigenvalue weighted by Crippen LogP contribution is -2.54. The number of carbonyl (C=O) groups is 2. The van der Waals surface area contributed by atoms with Gasteiger partial charge in [0.2, 0.25) is 0 Å². The summed E-state index contributed by atoms with van der Waals surface area (Å²) >= 11 is 0. The van der Waals surface area contributed by atoms with Crippen molar-refractivity contribution in [2.45, 2.75) is 19.5 Å². The highest BCUT2D eigenvalue weighted by molar-refractivity contribution is 5.83. The number of hydrogen-bond acceptors (Lipinski definition) is 4. The van der Waals surface area contributed by atoms with Crippen LogP contribution < -0.4 is 5.32 Å². The lowest BCUT2D eigenvalue weighted by Gasteiger charge is -2.35. The molecule has 2 amide bonds. The van der Waals surface area contributed by atoms with E-state index in [4.69, 9.17) is 0 Å². The van der Waals surface area contributed by atoms with E-state index >= 15 is 0 Å². The van der Waals surface area contributed by atoms with Gasteiger partial charge in [-0.2, -0.15) is 0 Å². The summed E-state index contributed by atoms with van der Waals surface area (Å²) in [5.41, 5.74) is 1.28. The Hall–Kier alpha value is -2.08. The van der Waals surface area contributed by atoms with E-state index in [-0.39, 0.29) is 6.03 Å². The molecule has 1 aliphatic heterocycles. The first kappa shape index (κ1) is 16.3. The lowest BCUT2D eigenvalue weighted by molar-refractivity contribution is -0.142. The fourth-order valence-corrected chi connectivity index (χ4v) is 2.46. The molecule has 120 valence electrons. The number of amides is 2. The molecule has 1 N–H and O–H groups in total. The van der Waals surface area contributed by atoms with Gasteiger partial charge in [-0.3, -0.25) is 4.90 Å². The van der Waals surface area contributed by atoms with Crippen LogP contribution in [0.15, 0.2) is 30.3 Å². The van der Waals surface area contributed by atoms with E-state index in [0.717, 1.165) is 19.6 Å². The highest BCUT2D eigenvalue weighted by Crippen LogP contribution is 2.08. The number of nitrogens with one attached hydrogen (secondary N) is 1. The number of nitrogens with zero attached hydrogens (tertiary/aromatic N) is 2. The van der Waals surface area contributed by atoms with Gasteiger partial charge in [-0.1, -0.05) is 30.3 Å². The predicted octanol–water partition coefficient (Wildman–Crippen LogP) is 1.08. The average Bonchev–Trinajstić information content (AvgIpc) is 2.55. The summed E-state index contributed by atoms with van der Waals surface area (Å²) in [5, 5.41) is 2.66. The van der Waals surface area contributed by atoms with E-state index in [2.05, 4.69) is 27.1 Å². The van der Waals surface area contributed by atoms with E-state index in [1.807, 2.05) is 18.2 Å². The fraction of sp³-hybridized carbons (Fsp3) is 0.500. The third-order valence-corrected chi connectivity index (χ3v) is 3.80.